The van der Waals surface area contributed by atoms with Crippen molar-refractivity contribution in [3.05, 3.63) is 107 Å². The van der Waals surface area contributed by atoms with Crippen LogP contribution in [0.3, 0.4) is 0 Å². The molecule has 39 heavy (non-hydrogen) atoms. The van der Waals surface area contributed by atoms with Gasteiger partial charge in [0, 0.05) is 43.0 Å². The second-order valence-electron chi connectivity index (χ2n) is 9.44. The average Bonchev–Trinajstić information content (AvgIpc) is 3.54. The minimum Gasteiger partial charge on any atom is -0.454 e. The molecule has 0 saturated heterocycles. The summed E-state index contributed by atoms with van der Waals surface area (Å²) in [7, 11) is 2.02. The first-order valence-electron chi connectivity index (χ1n) is 12.5. The van der Waals surface area contributed by atoms with Gasteiger partial charge in [0.2, 0.25) is 0 Å². The Morgan fingerprint density at radius 3 is 2.41 bits per heavy atom. The van der Waals surface area contributed by atoms with Gasteiger partial charge < -0.3 is 19.6 Å². The fraction of sp³-hybridized carbons (Fsp3) is 0.133. The Hall–Kier alpha value is -4.47. The first-order chi connectivity index (χ1) is 18.9. The Balaban J connectivity index is 1.61. The molecule has 0 aliphatic rings. The van der Waals surface area contributed by atoms with E-state index >= 15 is 0 Å². The van der Waals surface area contributed by atoms with E-state index in [1.807, 2.05) is 91.3 Å². The molecule has 3 aromatic carbocycles. The van der Waals surface area contributed by atoms with Crippen LogP contribution >= 0.6 is 0 Å². The van der Waals surface area contributed by atoms with E-state index < -0.39 is 11.0 Å². The molecule has 0 saturated carbocycles. The van der Waals surface area contributed by atoms with E-state index in [4.69, 9.17) is 15.5 Å². The quantitative estimate of drug-likeness (QED) is 0.322. The molecule has 0 amide bonds. The summed E-state index contributed by atoms with van der Waals surface area (Å²) in [5, 5.41) is 0.672. The van der Waals surface area contributed by atoms with Crippen molar-refractivity contribution in [2.75, 3.05) is 0 Å². The number of para-hydroxylation sites is 1. The maximum absolute atomic E-state index is 13.6. The van der Waals surface area contributed by atoms with Crippen molar-refractivity contribution in [1.29, 1.82) is 0 Å². The highest BCUT2D eigenvalue weighted by atomic mass is 32.2. The number of pyridine rings is 1. The van der Waals surface area contributed by atoms with E-state index in [9.17, 15) is 9.00 Å². The standard InChI is InChI=1S/C30H27N5O3S/c1-19-9-11-21(12-10-19)39(37)35-16-15-22-24(18-33(2)30(36)28(22)35)23-13-14-25-27(32-26(17-31)34(25)3)29(23)38-20-7-5-4-6-8-20/h4-16,18H,17,31H2,1-3H3. The van der Waals surface area contributed by atoms with Gasteiger partial charge in [-0.15, -0.1) is 0 Å². The first-order valence-corrected chi connectivity index (χ1v) is 13.6. The molecular weight excluding hydrogens is 510 g/mol. The third kappa shape index (κ3) is 4.16. The van der Waals surface area contributed by atoms with Gasteiger partial charge in [-0.05, 0) is 49.4 Å². The number of imidazole rings is 1. The Kier molecular flexibility index (Phi) is 6.17. The molecule has 1 atom stereocenters. The highest BCUT2D eigenvalue weighted by Crippen LogP contribution is 2.41. The number of aryl methyl sites for hydroxylation is 3. The van der Waals surface area contributed by atoms with Crippen LogP contribution < -0.4 is 16.0 Å². The van der Waals surface area contributed by atoms with Gasteiger partial charge in [-0.3, -0.25) is 8.77 Å². The van der Waals surface area contributed by atoms with Crippen LogP contribution in [-0.2, 0) is 31.6 Å². The molecule has 3 aromatic heterocycles. The van der Waals surface area contributed by atoms with Gasteiger partial charge in [0.05, 0.1) is 17.0 Å². The van der Waals surface area contributed by atoms with Gasteiger partial charge in [-0.1, -0.05) is 35.9 Å². The van der Waals surface area contributed by atoms with Crippen LogP contribution in [0, 0.1) is 6.92 Å². The first kappa shape index (κ1) is 24.8. The maximum atomic E-state index is 13.6. The highest BCUT2D eigenvalue weighted by Gasteiger charge is 2.22. The van der Waals surface area contributed by atoms with Crippen LogP contribution in [0.4, 0.5) is 0 Å². The summed E-state index contributed by atoms with van der Waals surface area (Å²) in [6.07, 6.45) is 3.49. The Bertz CT molecular complexity index is 1940. The van der Waals surface area contributed by atoms with E-state index in [1.165, 1.54) is 8.54 Å². The number of nitrogens with two attached hydrogens (primary N) is 1. The average molecular weight is 538 g/mol. The summed E-state index contributed by atoms with van der Waals surface area (Å²) in [5.41, 5.74) is 10.2. The smallest absolute Gasteiger partial charge is 0.275 e. The molecule has 0 spiro atoms. The number of rotatable bonds is 6. The zero-order chi connectivity index (χ0) is 27.3. The molecule has 8 nitrogen and oxygen atoms in total. The fourth-order valence-corrected chi connectivity index (χ4v) is 5.95. The minimum atomic E-state index is -1.60. The number of ether oxygens (including phenoxy) is 1. The molecule has 0 aliphatic heterocycles. The van der Waals surface area contributed by atoms with Crippen molar-refractivity contribution >= 4 is 32.9 Å². The fourth-order valence-electron chi connectivity index (χ4n) is 4.84. The van der Waals surface area contributed by atoms with Crippen LogP contribution in [0.15, 0.2) is 94.9 Å². The predicted molar refractivity (Wildman–Crippen MR) is 154 cm³/mol. The molecule has 0 radical (unpaired) electrons. The summed E-state index contributed by atoms with van der Waals surface area (Å²) in [6.45, 7) is 2.26. The normalized spacial score (nSPS) is 12.3. The molecule has 1 unspecified atom stereocenters. The molecule has 6 aromatic rings. The van der Waals surface area contributed by atoms with Crippen molar-refractivity contribution in [1.82, 2.24) is 18.1 Å². The van der Waals surface area contributed by atoms with E-state index in [1.54, 1.807) is 19.4 Å². The van der Waals surface area contributed by atoms with Crippen LogP contribution in [0.25, 0.3) is 33.1 Å². The van der Waals surface area contributed by atoms with E-state index in [2.05, 4.69) is 0 Å². The summed E-state index contributed by atoms with van der Waals surface area (Å²) in [6, 6.07) is 22.7. The van der Waals surface area contributed by atoms with Gasteiger partial charge >= 0.3 is 0 Å². The lowest BCUT2D eigenvalue weighted by molar-refractivity contribution is 0.489. The second-order valence-corrected chi connectivity index (χ2v) is 10.8. The molecule has 2 N–H and O–H groups in total. The topological polar surface area (TPSA) is 97.1 Å². The van der Waals surface area contributed by atoms with Gasteiger partial charge in [0.1, 0.15) is 22.6 Å². The summed E-state index contributed by atoms with van der Waals surface area (Å²) in [5.74, 6) is 1.94. The zero-order valence-electron chi connectivity index (χ0n) is 21.8. The van der Waals surface area contributed by atoms with Gasteiger partial charge in [0.25, 0.3) is 5.56 Å². The lowest BCUT2D eigenvalue weighted by Gasteiger charge is -2.15. The van der Waals surface area contributed by atoms with E-state index in [-0.39, 0.29) is 12.1 Å². The summed E-state index contributed by atoms with van der Waals surface area (Å²) in [4.78, 5) is 18.8. The molecule has 0 bridgehead atoms. The third-order valence-corrected chi connectivity index (χ3v) is 8.26. The molecule has 6 rings (SSSR count). The molecule has 3 heterocycles. The maximum Gasteiger partial charge on any atom is 0.275 e. The Morgan fingerprint density at radius 2 is 1.69 bits per heavy atom. The summed E-state index contributed by atoms with van der Waals surface area (Å²) >= 11 is 0. The number of aromatic nitrogens is 4. The van der Waals surface area contributed by atoms with Crippen molar-refractivity contribution in [3.63, 3.8) is 0 Å². The van der Waals surface area contributed by atoms with E-state index in [0.29, 0.717) is 32.8 Å². The van der Waals surface area contributed by atoms with Crippen molar-refractivity contribution in [3.8, 4) is 22.6 Å². The van der Waals surface area contributed by atoms with Crippen molar-refractivity contribution < 1.29 is 8.95 Å². The van der Waals surface area contributed by atoms with Gasteiger partial charge in [-0.2, -0.15) is 0 Å². The molecule has 196 valence electrons. The molecule has 9 heteroatoms. The lowest BCUT2D eigenvalue weighted by Crippen LogP contribution is -2.20. The van der Waals surface area contributed by atoms with E-state index in [0.717, 1.165) is 28.0 Å². The lowest BCUT2D eigenvalue weighted by atomic mass is 10.0. The Labute approximate surface area is 227 Å². The van der Waals surface area contributed by atoms with Gasteiger partial charge in [-0.25, -0.2) is 9.19 Å². The second kappa shape index (κ2) is 9.68. The number of benzene rings is 3. The Morgan fingerprint density at radius 1 is 0.949 bits per heavy atom. The third-order valence-electron chi connectivity index (χ3n) is 6.92. The predicted octanol–water partition coefficient (Wildman–Crippen LogP) is 5.02. The summed E-state index contributed by atoms with van der Waals surface area (Å²) < 4.78 is 25.1. The number of fused-ring (bicyclic) bond motifs is 2. The van der Waals surface area contributed by atoms with Crippen molar-refractivity contribution in [2.24, 2.45) is 19.8 Å². The molecular formula is C30H27N5O3S. The largest absolute Gasteiger partial charge is 0.454 e. The van der Waals surface area contributed by atoms with Crippen LogP contribution in [0.2, 0.25) is 0 Å². The van der Waals surface area contributed by atoms with Crippen molar-refractivity contribution in [2.45, 2.75) is 18.4 Å². The zero-order valence-corrected chi connectivity index (χ0v) is 22.6. The molecule has 0 fully saturated rings. The number of hydrogen-bond acceptors (Lipinski definition) is 5. The number of nitrogens with zero attached hydrogens (tertiary/aromatic N) is 4. The highest BCUT2D eigenvalue weighted by molar-refractivity contribution is 7.83. The van der Waals surface area contributed by atoms with Crippen LogP contribution in [0.5, 0.6) is 11.5 Å². The van der Waals surface area contributed by atoms with Gasteiger partial charge in [0.15, 0.2) is 16.7 Å². The SMILES string of the molecule is Cc1ccc(S(=O)n2ccc3c(-c4ccc5c(nc(CN)n5C)c4Oc4ccccc4)cn(C)c(=O)c32)cc1. The molecule has 0 aliphatic carbocycles. The monoisotopic (exact) mass is 537 g/mol. The van der Waals surface area contributed by atoms with Crippen LogP contribution in [0.1, 0.15) is 11.4 Å². The minimum absolute atomic E-state index is 0.242. The van der Waals surface area contributed by atoms with Crippen LogP contribution in [-0.4, -0.2) is 22.3 Å². The number of hydrogen-bond donors (Lipinski definition) is 1.